The second kappa shape index (κ2) is 51.5. The molecule has 17 nitrogen and oxygen atoms in total. The largest absolute Gasteiger partial charge is 0.505 e. The number of carboxylic acids is 1. The van der Waals surface area contributed by atoms with Gasteiger partial charge in [-0.25, -0.2) is 53.1 Å². The monoisotopic (exact) mass is 1870 g/mol. The molecule has 1 aromatic heterocycles. The van der Waals surface area contributed by atoms with Crippen molar-refractivity contribution in [2.75, 3.05) is 19.6 Å². The summed E-state index contributed by atoms with van der Waals surface area (Å²) in [6.07, 6.45) is 11.0. The van der Waals surface area contributed by atoms with Gasteiger partial charge in [-0.3, -0.25) is 19.7 Å². The molecule has 0 amide bonds. The lowest BCUT2D eigenvalue weighted by Gasteiger charge is -2.44. The van der Waals surface area contributed by atoms with E-state index in [-0.39, 0.29) is 108 Å². The van der Waals surface area contributed by atoms with Crippen LogP contribution in [0, 0.1) is 56.7 Å². The number of allylic oxidation sites excluding steroid dienone is 2. The summed E-state index contributed by atoms with van der Waals surface area (Å²) >= 11 is 0. The molecule has 1 aliphatic rings. The maximum Gasteiger partial charge on any atom is 0.328 e. The molecular formula is C107H114F11N7O10. The van der Waals surface area contributed by atoms with Crippen LogP contribution in [-0.2, 0) is 68.7 Å². The Morgan fingerprint density at radius 1 is 0.533 bits per heavy atom. The molecule has 12 aromatic rings. The minimum absolute atomic E-state index is 0.0179. The predicted molar refractivity (Wildman–Crippen MR) is 506 cm³/mol. The van der Waals surface area contributed by atoms with Crippen LogP contribution in [0.4, 0.5) is 48.3 Å². The van der Waals surface area contributed by atoms with Crippen molar-refractivity contribution in [3.8, 4) is 39.9 Å². The number of phenols is 1. The molecule has 0 fully saturated rings. The van der Waals surface area contributed by atoms with Gasteiger partial charge in [-0.1, -0.05) is 152 Å². The van der Waals surface area contributed by atoms with E-state index in [0.717, 1.165) is 75.1 Å². The maximum atomic E-state index is 15.4. The van der Waals surface area contributed by atoms with Gasteiger partial charge in [-0.15, -0.1) is 0 Å². The first-order valence-electron chi connectivity index (χ1n) is 43.5. The third-order valence-corrected chi connectivity index (χ3v) is 20.4. The van der Waals surface area contributed by atoms with Crippen molar-refractivity contribution >= 4 is 30.5 Å². The number of carboxylic acid groups (broad SMARTS) is 1. The van der Waals surface area contributed by atoms with Gasteiger partial charge in [0.2, 0.25) is 5.70 Å². The summed E-state index contributed by atoms with van der Waals surface area (Å²) in [4.78, 5) is 33.0. The van der Waals surface area contributed by atoms with Crippen molar-refractivity contribution in [1.82, 2.24) is 25.3 Å². The Hall–Kier alpha value is -13.7. The van der Waals surface area contributed by atoms with Crippen LogP contribution in [0.2, 0.25) is 0 Å². The van der Waals surface area contributed by atoms with Gasteiger partial charge in [0.15, 0.2) is 57.8 Å². The summed E-state index contributed by atoms with van der Waals surface area (Å²) in [7, 11) is 1.72. The van der Waals surface area contributed by atoms with Gasteiger partial charge < -0.3 is 50.3 Å². The third-order valence-electron chi connectivity index (χ3n) is 20.4. The van der Waals surface area contributed by atoms with E-state index in [1.165, 1.54) is 101 Å². The molecule has 0 saturated carbocycles. The normalized spacial score (nSPS) is 13.7. The number of nitrogens with two attached hydrogens (primary N) is 1. The summed E-state index contributed by atoms with van der Waals surface area (Å²) in [6.45, 7) is 19.4. The Labute approximate surface area is 781 Å². The number of ether oxygens (including phenoxy) is 4. The molecule has 13 rings (SSSR count). The zero-order valence-electron chi connectivity index (χ0n) is 77.3. The molecule has 11 aromatic carbocycles. The van der Waals surface area contributed by atoms with Crippen molar-refractivity contribution in [2.45, 2.75) is 169 Å². The molecule has 0 bridgehead atoms. The standard InChI is InChI=1S/C27H27F4N3O2.C20H25F2NO.C16H14FNO3.C16H16FNO.C15H13FO2.C13H19F2NO/c1-15-7-17-10-19(18-12-32-33(4)13-18)21(28)11-20(17)26(34(15)14-27(2,3)31)25-22(29)8-16(9-23(25)30)5-6-24(35)36;1-15(23-14-20(2,3)22)11-17-9-10-18(21)19(12-17)24-13-16-7-5-4-6-8-16;1-12(18(19)20)9-14-7-8-15(17)16(10-14)21-11-13-5-3-2-4-6-13;1-12(18)9-14-7-8-15(17)16(10-14)19-11-13-5-3-2-4-6-13;16-14-7-6-12(8-9-17)10-15(14)18-11-13-4-2-1-3-5-13;1-9(16-8-13(2,3)15)6-10-4-5-11(14)12(17)7-10/h5-6,8-13,15,26H,7,14H2,1-4H3,(H,35,36);4-10,12,15,23H,11,13-14H2,1-3H3;2-10H,11H2,1H3;2-10H,11,18H2,1H3;1-7,9-10H,8,11H2;4-5,7,9,16-17H,6,8H2,1-3H3/b6-5+;;2*12-9-;;. The molecule has 4 unspecified atom stereocenters. The number of aromatic nitrogens is 2. The number of benzene rings is 11. The summed E-state index contributed by atoms with van der Waals surface area (Å²) in [6, 6.07) is 64.4. The van der Waals surface area contributed by atoms with E-state index in [2.05, 4.69) is 15.7 Å². The first-order valence-corrected chi connectivity index (χ1v) is 43.5. The molecule has 135 heavy (non-hydrogen) atoms. The van der Waals surface area contributed by atoms with Crippen LogP contribution in [0.15, 0.2) is 266 Å². The van der Waals surface area contributed by atoms with Crippen LogP contribution >= 0.6 is 0 Å². The summed E-state index contributed by atoms with van der Waals surface area (Å²) in [5.74, 6) is -5.60. The highest BCUT2D eigenvalue weighted by Crippen LogP contribution is 2.44. The number of carbonyl (C=O) groups is 2. The Bertz CT molecular complexity index is 5910. The number of nitrogens with zero attached hydrogens (tertiary/aromatic N) is 4. The molecule has 0 aliphatic carbocycles. The number of halogens is 11. The highest BCUT2D eigenvalue weighted by Gasteiger charge is 2.40. The van der Waals surface area contributed by atoms with E-state index in [1.807, 2.05) is 142 Å². The molecule has 28 heteroatoms. The number of carbonyl (C=O) groups excluding carboxylic acids is 1. The number of alkyl halides is 3. The first-order chi connectivity index (χ1) is 63.9. The van der Waals surface area contributed by atoms with E-state index in [9.17, 15) is 59.9 Å². The van der Waals surface area contributed by atoms with Crippen molar-refractivity contribution in [1.29, 1.82) is 0 Å². The molecule has 1 aliphatic heterocycles. The van der Waals surface area contributed by atoms with E-state index >= 15 is 13.2 Å². The van der Waals surface area contributed by atoms with Crippen molar-refractivity contribution in [3.05, 3.63) is 395 Å². The summed E-state index contributed by atoms with van der Waals surface area (Å²) in [5.41, 5.74) is 11.4. The van der Waals surface area contributed by atoms with Gasteiger partial charge in [0, 0.05) is 98.9 Å². The zero-order chi connectivity index (χ0) is 98.7. The van der Waals surface area contributed by atoms with Gasteiger partial charge >= 0.3 is 5.97 Å². The molecule has 6 N–H and O–H groups in total. The van der Waals surface area contributed by atoms with Crippen LogP contribution in [0.5, 0.6) is 28.7 Å². The fourth-order valence-electron chi connectivity index (χ4n) is 13.8. The number of hydrogen-bond donors (Lipinski definition) is 5. The number of aromatic hydroxyl groups is 1. The molecule has 4 atom stereocenters. The lowest BCUT2D eigenvalue weighted by molar-refractivity contribution is -0.422. The molecule has 0 spiro atoms. The SMILES string of the molecule is C/C(=C/c1ccc(F)c(OCc2ccccc2)c1)[N+](=O)[O-].C/C(N)=C/c1ccc(F)c(OCc2ccccc2)c1.CC(Cc1ccc(F)c(O)c1)NCC(C)(C)F.CC(Cc1ccc(F)c(OCc2ccccc2)c1)NCC(C)(C)F.CC1Cc2cc(-c3cnn(C)c3)c(F)cc2C(c2c(F)cc(/C=C/C(=O)O)cc2F)N1CC(C)(C)F.O=CCc1ccc(F)c(OCc2ccccc2)c1. The van der Waals surface area contributed by atoms with Gasteiger partial charge in [0.1, 0.15) is 67.2 Å². The van der Waals surface area contributed by atoms with Crippen molar-refractivity contribution in [3.63, 3.8) is 0 Å². The number of aldehydes is 1. The average molecular weight is 1870 g/mol. The summed E-state index contributed by atoms with van der Waals surface area (Å²) < 4.78 is 179. The van der Waals surface area contributed by atoms with Crippen molar-refractivity contribution in [2.24, 2.45) is 12.8 Å². The predicted octanol–water partition coefficient (Wildman–Crippen LogP) is 24.1. The van der Waals surface area contributed by atoms with Crippen LogP contribution < -0.4 is 35.3 Å². The van der Waals surface area contributed by atoms with Gasteiger partial charge in [0.25, 0.3) is 0 Å². The smallest absolute Gasteiger partial charge is 0.328 e. The van der Waals surface area contributed by atoms with Crippen molar-refractivity contribution < 1.29 is 92.0 Å². The molecule has 0 radical (unpaired) electrons. The number of fused-ring (bicyclic) bond motifs is 1. The first kappa shape index (κ1) is 107. The Balaban J connectivity index is 0.000000204. The number of aliphatic carboxylic acids is 1. The lowest BCUT2D eigenvalue weighted by Crippen LogP contribution is -2.48. The molecule has 0 saturated heterocycles. The lowest BCUT2D eigenvalue weighted by atomic mass is 9.82. The van der Waals surface area contributed by atoms with E-state index in [1.54, 1.807) is 98.2 Å². The fraction of sp³-hybridized carbons (Fsp3) is 0.280. The molecule has 714 valence electrons. The quantitative estimate of drug-likeness (QED) is 0.00848. The van der Waals surface area contributed by atoms with Crippen LogP contribution in [0.1, 0.15) is 155 Å². The highest BCUT2D eigenvalue weighted by atomic mass is 19.2. The van der Waals surface area contributed by atoms with Crippen LogP contribution in [0.25, 0.3) is 29.4 Å². The fourth-order valence-corrected chi connectivity index (χ4v) is 13.8. The van der Waals surface area contributed by atoms with Gasteiger partial charge in [-0.2, -0.15) is 5.10 Å². The third kappa shape index (κ3) is 37.0. The van der Waals surface area contributed by atoms with Crippen LogP contribution in [-0.4, -0.2) is 96.8 Å². The zero-order valence-corrected chi connectivity index (χ0v) is 77.3. The Morgan fingerprint density at radius 3 is 1.33 bits per heavy atom. The number of nitrogens with one attached hydrogen (secondary N) is 2. The number of phenolic OH excluding ortho intramolecular Hbond substituents is 1. The molecule has 2 heterocycles. The highest BCUT2D eigenvalue weighted by molar-refractivity contribution is 5.85. The molecular weight excluding hydrogens is 1750 g/mol. The average Bonchev–Trinajstić information content (AvgIpc) is 1.52. The van der Waals surface area contributed by atoms with Gasteiger partial charge in [-0.05, 0) is 252 Å². The number of aryl methyl sites for hydroxylation is 1. The number of hydrogen-bond acceptors (Lipinski definition) is 14. The second-order valence-corrected chi connectivity index (χ2v) is 34.4. The summed E-state index contributed by atoms with van der Waals surface area (Å²) in [5, 5.41) is 38.9. The number of rotatable bonds is 33. The Morgan fingerprint density at radius 2 is 0.941 bits per heavy atom. The second-order valence-electron chi connectivity index (χ2n) is 34.4. The van der Waals surface area contributed by atoms with E-state index < -0.39 is 68.8 Å². The van der Waals surface area contributed by atoms with E-state index in [4.69, 9.17) is 29.8 Å². The minimum atomic E-state index is -1.69. The Kier molecular flexibility index (Phi) is 40.7. The van der Waals surface area contributed by atoms with Gasteiger partial charge in [0.05, 0.1) is 17.2 Å². The minimum Gasteiger partial charge on any atom is -0.505 e. The maximum absolute atomic E-state index is 15.4. The number of nitro groups is 1. The van der Waals surface area contributed by atoms with E-state index in [0.29, 0.717) is 72.6 Å². The topological polar surface area (TPSA) is 226 Å². The van der Waals surface area contributed by atoms with Crippen LogP contribution in [0.3, 0.4) is 0 Å².